The summed E-state index contributed by atoms with van der Waals surface area (Å²) in [4.78, 5) is 12.4. The zero-order valence-corrected chi connectivity index (χ0v) is 27.0. The third-order valence-corrected chi connectivity index (χ3v) is 7.74. The van der Waals surface area contributed by atoms with Gasteiger partial charge in [0, 0.05) is 6.42 Å². The van der Waals surface area contributed by atoms with Crippen LogP contribution in [-0.4, -0.2) is 41.9 Å². The van der Waals surface area contributed by atoms with E-state index in [0.717, 1.165) is 57.8 Å². The average molecular weight is 596 g/mol. The van der Waals surface area contributed by atoms with E-state index in [9.17, 15) is 22.9 Å². The molecule has 6 nitrogen and oxygen atoms in total. The molecule has 41 heavy (non-hydrogen) atoms. The SMILES string of the molecule is CCCCC/C=C/CC/C=C/CC/C=C/C(O)C(CS(=O)(=O)O)NC(=O)CCCCCCC/C=C\CCCCCC. The Morgan fingerprint density at radius 2 is 1.05 bits per heavy atom. The number of amides is 1. The molecular weight excluding hydrogens is 534 g/mol. The number of nitrogens with one attached hydrogen (secondary N) is 1. The summed E-state index contributed by atoms with van der Waals surface area (Å²) in [6.07, 6.45) is 36.6. The van der Waals surface area contributed by atoms with Gasteiger partial charge in [-0.15, -0.1) is 0 Å². The van der Waals surface area contributed by atoms with E-state index in [0.29, 0.717) is 12.8 Å². The Morgan fingerprint density at radius 3 is 1.59 bits per heavy atom. The molecule has 3 N–H and O–H groups in total. The largest absolute Gasteiger partial charge is 0.387 e. The summed E-state index contributed by atoms with van der Waals surface area (Å²) in [6.45, 7) is 4.44. The molecular formula is C34H61NO5S. The molecule has 0 aromatic rings. The zero-order valence-electron chi connectivity index (χ0n) is 26.2. The molecule has 0 heterocycles. The topological polar surface area (TPSA) is 104 Å². The fraction of sp³-hybridized carbons (Fsp3) is 0.735. The van der Waals surface area contributed by atoms with Gasteiger partial charge in [-0.05, 0) is 70.6 Å². The predicted octanol–water partition coefficient (Wildman–Crippen LogP) is 8.79. The monoisotopic (exact) mass is 595 g/mol. The van der Waals surface area contributed by atoms with E-state index in [1.54, 1.807) is 6.08 Å². The van der Waals surface area contributed by atoms with Crippen LogP contribution < -0.4 is 5.32 Å². The molecule has 0 aliphatic carbocycles. The molecule has 0 aromatic heterocycles. The van der Waals surface area contributed by atoms with Gasteiger partial charge in [0.2, 0.25) is 5.91 Å². The van der Waals surface area contributed by atoms with Crippen molar-refractivity contribution in [2.45, 2.75) is 154 Å². The van der Waals surface area contributed by atoms with Crippen molar-refractivity contribution in [2.75, 3.05) is 5.75 Å². The van der Waals surface area contributed by atoms with Crippen LogP contribution in [0, 0.1) is 0 Å². The first kappa shape index (κ1) is 39.3. The highest BCUT2D eigenvalue weighted by molar-refractivity contribution is 7.85. The summed E-state index contributed by atoms with van der Waals surface area (Å²) in [5.41, 5.74) is 0. The van der Waals surface area contributed by atoms with E-state index >= 15 is 0 Å². The first-order valence-electron chi connectivity index (χ1n) is 16.3. The zero-order chi connectivity index (χ0) is 30.4. The van der Waals surface area contributed by atoms with E-state index in [-0.39, 0.29) is 12.3 Å². The number of aliphatic hydroxyl groups is 1. The number of hydrogen-bond donors (Lipinski definition) is 3. The van der Waals surface area contributed by atoms with Crippen LogP contribution in [0.25, 0.3) is 0 Å². The third-order valence-electron chi connectivity index (χ3n) is 6.96. The lowest BCUT2D eigenvalue weighted by Gasteiger charge is -2.21. The Balaban J connectivity index is 4.17. The van der Waals surface area contributed by atoms with Gasteiger partial charge in [-0.1, -0.05) is 114 Å². The molecule has 1 amide bonds. The minimum absolute atomic E-state index is 0.273. The minimum Gasteiger partial charge on any atom is -0.387 e. The highest BCUT2D eigenvalue weighted by atomic mass is 32.2. The van der Waals surface area contributed by atoms with Gasteiger partial charge in [-0.25, -0.2) is 0 Å². The van der Waals surface area contributed by atoms with Gasteiger partial charge in [0.25, 0.3) is 10.1 Å². The van der Waals surface area contributed by atoms with E-state index in [4.69, 9.17) is 0 Å². The second kappa shape index (κ2) is 28.4. The van der Waals surface area contributed by atoms with Crippen LogP contribution in [0.4, 0.5) is 0 Å². The van der Waals surface area contributed by atoms with Crippen molar-refractivity contribution in [3.05, 3.63) is 48.6 Å². The molecule has 7 heteroatoms. The highest BCUT2D eigenvalue weighted by Gasteiger charge is 2.24. The Kier molecular flexibility index (Phi) is 27.2. The Morgan fingerprint density at radius 1 is 0.634 bits per heavy atom. The molecule has 0 rings (SSSR count). The third kappa shape index (κ3) is 29.6. The second-order valence-electron chi connectivity index (χ2n) is 11.1. The molecule has 0 aromatic carbocycles. The molecule has 2 unspecified atom stereocenters. The Labute approximate surface area is 252 Å². The Hall–Kier alpha value is -1.70. The van der Waals surface area contributed by atoms with Gasteiger partial charge in [0.1, 0.15) is 0 Å². The maximum atomic E-state index is 12.4. The molecule has 0 spiro atoms. The van der Waals surface area contributed by atoms with Crippen molar-refractivity contribution in [2.24, 2.45) is 0 Å². The van der Waals surface area contributed by atoms with Crippen LogP contribution in [0.2, 0.25) is 0 Å². The molecule has 0 aliphatic heterocycles. The van der Waals surface area contributed by atoms with Crippen molar-refractivity contribution in [3.63, 3.8) is 0 Å². The number of carbonyl (C=O) groups excluding carboxylic acids is 1. The minimum atomic E-state index is -4.35. The maximum absolute atomic E-state index is 12.4. The van der Waals surface area contributed by atoms with E-state index in [2.05, 4.69) is 55.6 Å². The standard InChI is InChI=1S/C34H61NO5S/c1-3-5-7-9-11-13-15-17-19-21-23-25-27-29-33(36)32(31-41(38,39)40)35-34(37)30-28-26-24-22-20-18-16-14-12-10-8-6-4-2/h11,13-14,16,19,21,27,29,32-33,36H,3-10,12,15,17-18,20,22-26,28,30-31H2,1-2H3,(H,35,37)(H,38,39,40)/b13-11+,16-14-,21-19+,29-27+. The van der Waals surface area contributed by atoms with Crippen molar-refractivity contribution < 1.29 is 22.9 Å². The summed E-state index contributed by atoms with van der Waals surface area (Å²) >= 11 is 0. The van der Waals surface area contributed by atoms with E-state index in [1.165, 1.54) is 57.4 Å². The van der Waals surface area contributed by atoms with Crippen molar-refractivity contribution in [1.82, 2.24) is 5.32 Å². The van der Waals surface area contributed by atoms with Crippen molar-refractivity contribution in [3.8, 4) is 0 Å². The first-order valence-corrected chi connectivity index (χ1v) is 17.9. The van der Waals surface area contributed by atoms with Crippen LogP contribution >= 0.6 is 0 Å². The molecule has 0 bridgehead atoms. The van der Waals surface area contributed by atoms with Crippen LogP contribution in [0.1, 0.15) is 142 Å². The van der Waals surface area contributed by atoms with Gasteiger partial charge in [-0.3, -0.25) is 9.35 Å². The molecule has 238 valence electrons. The molecule has 0 saturated carbocycles. The lowest BCUT2D eigenvalue weighted by molar-refractivity contribution is -0.122. The number of allylic oxidation sites excluding steroid dienone is 7. The maximum Gasteiger partial charge on any atom is 0.267 e. The first-order chi connectivity index (χ1) is 19.8. The van der Waals surface area contributed by atoms with Crippen LogP contribution in [0.5, 0.6) is 0 Å². The smallest absolute Gasteiger partial charge is 0.267 e. The molecule has 2 atom stereocenters. The quantitative estimate of drug-likeness (QED) is 0.0476. The summed E-state index contributed by atoms with van der Waals surface area (Å²) in [5, 5.41) is 13.1. The van der Waals surface area contributed by atoms with Crippen molar-refractivity contribution >= 4 is 16.0 Å². The number of carbonyl (C=O) groups is 1. The summed E-state index contributed by atoms with van der Waals surface area (Å²) < 4.78 is 32.2. The molecule has 0 radical (unpaired) electrons. The summed E-state index contributed by atoms with van der Waals surface area (Å²) in [6, 6.07) is -1.08. The van der Waals surface area contributed by atoms with Gasteiger partial charge in [0.15, 0.2) is 0 Å². The Bertz CT molecular complexity index is 832. The summed E-state index contributed by atoms with van der Waals surface area (Å²) in [7, 11) is -4.35. The number of hydrogen-bond acceptors (Lipinski definition) is 4. The lowest BCUT2D eigenvalue weighted by atomic mass is 10.1. The van der Waals surface area contributed by atoms with Gasteiger partial charge in [-0.2, -0.15) is 8.42 Å². The normalized spacial score (nSPS) is 14.1. The van der Waals surface area contributed by atoms with Crippen LogP contribution in [0.3, 0.4) is 0 Å². The lowest BCUT2D eigenvalue weighted by Crippen LogP contribution is -2.46. The fourth-order valence-electron chi connectivity index (χ4n) is 4.47. The number of aliphatic hydroxyl groups excluding tert-OH is 1. The molecule has 0 saturated heterocycles. The fourth-order valence-corrected chi connectivity index (χ4v) is 5.21. The van der Waals surface area contributed by atoms with Gasteiger partial charge < -0.3 is 10.4 Å². The number of rotatable bonds is 28. The molecule has 0 aliphatic rings. The van der Waals surface area contributed by atoms with Gasteiger partial charge in [0.05, 0.1) is 17.9 Å². The number of unbranched alkanes of at least 4 members (excludes halogenated alkanes) is 14. The van der Waals surface area contributed by atoms with E-state index in [1.807, 2.05) is 0 Å². The van der Waals surface area contributed by atoms with E-state index < -0.39 is 28.0 Å². The van der Waals surface area contributed by atoms with Crippen LogP contribution in [0.15, 0.2) is 48.6 Å². The van der Waals surface area contributed by atoms with Gasteiger partial charge >= 0.3 is 0 Å². The second-order valence-corrected chi connectivity index (χ2v) is 12.6. The van der Waals surface area contributed by atoms with Crippen molar-refractivity contribution in [1.29, 1.82) is 0 Å². The molecule has 0 fully saturated rings. The van der Waals surface area contributed by atoms with Crippen LogP contribution in [-0.2, 0) is 14.9 Å². The average Bonchev–Trinajstić information content (AvgIpc) is 2.92. The highest BCUT2D eigenvalue weighted by Crippen LogP contribution is 2.10. The predicted molar refractivity (Wildman–Crippen MR) is 175 cm³/mol. The summed E-state index contributed by atoms with van der Waals surface area (Å²) in [5.74, 6) is -1.03.